The maximum absolute atomic E-state index is 12.2. The molecule has 92 valence electrons. The van der Waals surface area contributed by atoms with Crippen LogP contribution in [0.1, 0.15) is 31.1 Å². The highest BCUT2D eigenvalue weighted by Crippen LogP contribution is 2.18. The summed E-state index contributed by atoms with van der Waals surface area (Å²) in [5, 5.41) is 0.755. The number of aromatic nitrogens is 3. The number of pyridine rings is 1. The van der Waals surface area contributed by atoms with E-state index in [1.165, 1.54) is 0 Å². The van der Waals surface area contributed by atoms with Gasteiger partial charge in [0.05, 0.1) is 11.3 Å². The lowest BCUT2D eigenvalue weighted by atomic mass is 10.1. The van der Waals surface area contributed by atoms with Gasteiger partial charge in [-0.25, -0.2) is 4.98 Å². The van der Waals surface area contributed by atoms with Crippen molar-refractivity contribution in [1.82, 2.24) is 14.5 Å². The molecule has 2 N–H and O–H groups in total. The minimum Gasteiger partial charge on any atom is -0.368 e. The molecular weight excluding hydrogens is 228 g/mol. The van der Waals surface area contributed by atoms with Gasteiger partial charge in [-0.2, -0.15) is 4.98 Å². The molecule has 0 unspecified atom stereocenters. The fraction of sp³-hybridized carbons (Fsp3) is 0.308. The van der Waals surface area contributed by atoms with E-state index in [4.69, 9.17) is 12.2 Å². The average molecular weight is 242 g/mol. The summed E-state index contributed by atoms with van der Waals surface area (Å²) in [6.07, 6.45) is 5.36. The minimum absolute atomic E-state index is 0.0537. The van der Waals surface area contributed by atoms with Gasteiger partial charge in [0.2, 0.25) is 5.95 Å². The van der Waals surface area contributed by atoms with E-state index < -0.39 is 0 Å². The van der Waals surface area contributed by atoms with Crippen LogP contribution in [0.15, 0.2) is 10.9 Å². The molecular formula is C13H14N4O. The summed E-state index contributed by atoms with van der Waals surface area (Å²) in [7, 11) is 0. The maximum atomic E-state index is 12.2. The molecule has 0 aliphatic heterocycles. The Bertz CT molecular complexity index is 722. The normalized spacial score (nSPS) is 10.8. The smallest absolute Gasteiger partial charge is 0.268 e. The van der Waals surface area contributed by atoms with Crippen LogP contribution in [0.4, 0.5) is 5.95 Å². The van der Waals surface area contributed by atoms with E-state index >= 15 is 0 Å². The van der Waals surface area contributed by atoms with Gasteiger partial charge in [0.25, 0.3) is 5.56 Å². The fourth-order valence-corrected chi connectivity index (χ4v) is 1.95. The van der Waals surface area contributed by atoms with Gasteiger partial charge in [-0.1, -0.05) is 5.92 Å². The second-order valence-electron chi connectivity index (χ2n) is 4.38. The fourth-order valence-electron chi connectivity index (χ4n) is 1.95. The number of fused-ring (bicyclic) bond motifs is 1. The molecule has 5 heteroatoms. The van der Waals surface area contributed by atoms with Gasteiger partial charge in [0, 0.05) is 11.4 Å². The third kappa shape index (κ3) is 1.72. The molecule has 0 aromatic carbocycles. The number of hydrogen-bond donors (Lipinski definition) is 1. The molecule has 0 aliphatic rings. The number of nitrogens with two attached hydrogens (primary N) is 1. The van der Waals surface area contributed by atoms with E-state index in [1.807, 2.05) is 20.8 Å². The molecule has 0 bridgehead atoms. The zero-order valence-electron chi connectivity index (χ0n) is 10.6. The Labute approximate surface area is 105 Å². The van der Waals surface area contributed by atoms with Crippen LogP contribution in [0.3, 0.4) is 0 Å². The topological polar surface area (TPSA) is 73.8 Å². The minimum atomic E-state index is -0.225. The van der Waals surface area contributed by atoms with E-state index in [0.717, 1.165) is 5.39 Å². The second-order valence-corrected chi connectivity index (χ2v) is 4.38. The molecule has 0 saturated carbocycles. The summed E-state index contributed by atoms with van der Waals surface area (Å²) in [6, 6.07) is 1.59. The van der Waals surface area contributed by atoms with Crippen molar-refractivity contribution in [3.63, 3.8) is 0 Å². The van der Waals surface area contributed by atoms with Gasteiger partial charge in [-0.3, -0.25) is 9.36 Å². The van der Waals surface area contributed by atoms with E-state index in [0.29, 0.717) is 16.9 Å². The lowest BCUT2D eigenvalue weighted by Gasteiger charge is -2.14. The number of rotatable bonds is 1. The summed E-state index contributed by atoms with van der Waals surface area (Å²) < 4.78 is 1.55. The number of aryl methyl sites for hydroxylation is 1. The molecule has 2 aromatic heterocycles. The number of nitrogen functional groups attached to an aromatic ring is 1. The van der Waals surface area contributed by atoms with E-state index in [9.17, 15) is 4.79 Å². The van der Waals surface area contributed by atoms with Gasteiger partial charge in [0.15, 0.2) is 0 Å². The van der Waals surface area contributed by atoms with Gasteiger partial charge in [0.1, 0.15) is 5.65 Å². The first kappa shape index (κ1) is 12.1. The van der Waals surface area contributed by atoms with Crippen molar-refractivity contribution in [3.05, 3.63) is 27.7 Å². The maximum Gasteiger partial charge on any atom is 0.268 e. The molecule has 2 heterocycles. The van der Waals surface area contributed by atoms with E-state index in [-0.39, 0.29) is 17.5 Å². The first-order valence-electron chi connectivity index (χ1n) is 5.61. The largest absolute Gasteiger partial charge is 0.368 e. The summed E-state index contributed by atoms with van der Waals surface area (Å²) in [4.78, 5) is 20.4. The summed E-state index contributed by atoms with van der Waals surface area (Å²) >= 11 is 0. The van der Waals surface area contributed by atoms with Crippen LogP contribution in [-0.2, 0) is 0 Å². The summed E-state index contributed by atoms with van der Waals surface area (Å²) in [6.45, 7) is 5.61. The van der Waals surface area contributed by atoms with Crippen molar-refractivity contribution in [2.75, 3.05) is 5.73 Å². The Morgan fingerprint density at radius 1 is 1.44 bits per heavy atom. The molecule has 0 spiro atoms. The van der Waals surface area contributed by atoms with Crippen LogP contribution in [0.2, 0.25) is 0 Å². The van der Waals surface area contributed by atoms with Crippen LogP contribution in [0.5, 0.6) is 0 Å². The van der Waals surface area contributed by atoms with Gasteiger partial charge < -0.3 is 5.73 Å². The molecule has 0 aliphatic carbocycles. The molecule has 0 radical (unpaired) electrons. The first-order chi connectivity index (χ1) is 8.45. The predicted octanol–water partition coefficient (Wildman–Crippen LogP) is 1.24. The van der Waals surface area contributed by atoms with Crippen LogP contribution in [0, 0.1) is 19.3 Å². The van der Waals surface area contributed by atoms with Crippen molar-refractivity contribution < 1.29 is 0 Å². The molecule has 2 rings (SSSR count). The first-order valence-corrected chi connectivity index (χ1v) is 5.61. The standard InChI is InChI=1S/C13H14N4O/c1-5-9-6-10-8(4)15-13(14)16-11(10)17(7(2)3)12(9)18/h1,6-7H,2-4H3,(H2,14,15,16). The van der Waals surface area contributed by atoms with Gasteiger partial charge in [-0.15, -0.1) is 6.42 Å². The molecule has 0 amide bonds. The zero-order chi connectivity index (χ0) is 13.4. The zero-order valence-corrected chi connectivity index (χ0v) is 10.6. The molecule has 0 fully saturated rings. The Morgan fingerprint density at radius 3 is 2.67 bits per heavy atom. The predicted molar refractivity (Wildman–Crippen MR) is 71.3 cm³/mol. The van der Waals surface area contributed by atoms with E-state index in [2.05, 4.69) is 15.9 Å². The van der Waals surface area contributed by atoms with Crippen LogP contribution >= 0.6 is 0 Å². The number of hydrogen-bond acceptors (Lipinski definition) is 4. The highest BCUT2D eigenvalue weighted by atomic mass is 16.1. The summed E-state index contributed by atoms with van der Waals surface area (Å²) in [5.74, 6) is 2.56. The monoisotopic (exact) mass is 242 g/mol. The van der Waals surface area contributed by atoms with Crippen LogP contribution < -0.4 is 11.3 Å². The van der Waals surface area contributed by atoms with Crippen molar-refractivity contribution in [3.8, 4) is 12.3 Å². The number of nitrogens with zero attached hydrogens (tertiary/aromatic N) is 3. The Kier molecular flexibility index (Phi) is 2.79. The summed E-state index contributed by atoms with van der Waals surface area (Å²) in [5.41, 5.74) is 6.96. The lowest BCUT2D eigenvalue weighted by Crippen LogP contribution is -2.25. The highest BCUT2D eigenvalue weighted by molar-refractivity contribution is 5.80. The van der Waals surface area contributed by atoms with Crippen LogP contribution in [0.25, 0.3) is 11.0 Å². The van der Waals surface area contributed by atoms with Gasteiger partial charge >= 0.3 is 0 Å². The van der Waals surface area contributed by atoms with Gasteiger partial charge in [-0.05, 0) is 26.8 Å². The SMILES string of the molecule is C#Cc1cc2c(C)nc(N)nc2n(C(C)C)c1=O. The highest BCUT2D eigenvalue weighted by Gasteiger charge is 2.14. The average Bonchev–Trinajstić information content (AvgIpc) is 2.27. The lowest BCUT2D eigenvalue weighted by molar-refractivity contribution is 0.594. The number of anilines is 1. The van der Waals surface area contributed by atoms with Crippen molar-refractivity contribution >= 4 is 17.0 Å². The second kappa shape index (κ2) is 4.15. The third-order valence-electron chi connectivity index (χ3n) is 2.77. The number of terminal acetylenes is 1. The molecule has 5 nitrogen and oxygen atoms in total. The third-order valence-corrected chi connectivity index (χ3v) is 2.77. The Balaban J connectivity index is 3.07. The quantitative estimate of drug-likeness (QED) is 0.764. The molecule has 2 aromatic rings. The van der Waals surface area contributed by atoms with Crippen molar-refractivity contribution in [2.24, 2.45) is 0 Å². The van der Waals surface area contributed by atoms with E-state index in [1.54, 1.807) is 10.6 Å². The van der Waals surface area contributed by atoms with Crippen molar-refractivity contribution in [2.45, 2.75) is 26.8 Å². The van der Waals surface area contributed by atoms with Crippen molar-refractivity contribution in [1.29, 1.82) is 0 Å². The molecule has 0 saturated heterocycles. The molecule has 18 heavy (non-hydrogen) atoms. The van der Waals surface area contributed by atoms with Crippen LogP contribution in [-0.4, -0.2) is 14.5 Å². The Morgan fingerprint density at radius 2 is 2.11 bits per heavy atom. The molecule has 0 atom stereocenters. The Hall–Kier alpha value is -2.35.